The van der Waals surface area contributed by atoms with Crippen molar-refractivity contribution in [3.8, 4) is 17.1 Å². The van der Waals surface area contributed by atoms with Crippen molar-refractivity contribution in [2.45, 2.75) is 0 Å². The van der Waals surface area contributed by atoms with Crippen LogP contribution < -0.4 is 5.73 Å². The number of amides is 1. The zero-order valence-corrected chi connectivity index (χ0v) is 7.54. The summed E-state index contributed by atoms with van der Waals surface area (Å²) in [5.74, 6) is -0.619. The Morgan fingerprint density at radius 3 is 2.53 bits per heavy atom. The molecule has 1 amide bonds. The van der Waals surface area contributed by atoms with E-state index in [0.717, 1.165) is 0 Å². The van der Waals surface area contributed by atoms with Crippen LogP contribution in [-0.2, 0) is 0 Å². The van der Waals surface area contributed by atoms with Crippen molar-refractivity contribution in [3.05, 3.63) is 30.2 Å². The molecule has 1 heterocycles. The number of benzene rings is 1. The molecule has 0 bridgehead atoms. The quantitative estimate of drug-likeness (QED) is 0.744. The molecule has 0 radical (unpaired) electrons. The zero-order chi connectivity index (χ0) is 10.8. The summed E-state index contributed by atoms with van der Waals surface area (Å²) in [5.41, 5.74) is 5.58. The number of aromatic nitrogens is 2. The molecule has 3 N–H and O–H groups in total. The lowest BCUT2D eigenvalue weighted by Gasteiger charge is -1.93. The summed E-state index contributed by atoms with van der Waals surface area (Å²) in [7, 11) is 0. The first-order chi connectivity index (χ1) is 7.16. The average Bonchev–Trinajstić information content (AvgIpc) is 2.68. The van der Waals surface area contributed by atoms with Crippen molar-refractivity contribution in [2.24, 2.45) is 5.73 Å². The number of phenols is 1. The van der Waals surface area contributed by atoms with Gasteiger partial charge in [-0.15, -0.1) is 0 Å². The van der Waals surface area contributed by atoms with Crippen molar-refractivity contribution in [1.29, 1.82) is 0 Å². The number of nitrogens with zero attached hydrogens (tertiary/aromatic N) is 2. The number of rotatable bonds is 2. The highest BCUT2D eigenvalue weighted by Gasteiger charge is 2.12. The number of phenolic OH excluding ortho intramolecular Hbond substituents is 1. The average molecular weight is 205 g/mol. The topological polar surface area (TPSA) is 102 Å². The second-order valence-electron chi connectivity index (χ2n) is 2.83. The van der Waals surface area contributed by atoms with Gasteiger partial charge in [-0.25, -0.2) is 0 Å². The largest absolute Gasteiger partial charge is 0.508 e. The minimum Gasteiger partial charge on any atom is -0.508 e. The molecule has 0 fully saturated rings. The first-order valence-corrected chi connectivity index (χ1v) is 4.10. The Kier molecular flexibility index (Phi) is 2.09. The maximum Gasteiger partial charge on any atom is 0.316 e. The second-order valence-corrected chi connectivity index (χ2v) is 2.83. The van der Waals surface area contributed by atoms with E-state index in [-0.39, 0.29) is 17.5 Å². The van der Waals surface area contributed by atoms with E-state index in [2.05, 4.69) is 14.7 Å². The molecule has 0 saturated carbocycles. The van der Waals surface area contributed by atoms with E-state index in [1.165, 1.54) is 12.1 Å². The third-order valence-electron chi connectivity index (χ3n) is 1.76. The number of hydrogen-bond acceptors (Lipinski definition) is 5. The molecule has 1 aromatic carbocycles. The SMILES string of the molecule is NC(=O)c1nc(-c2ccc(O)cc2)no1. The Morgan fingerprint density at radius 2 is 2.00 bits per heavy atom. The van der Waals surface area contributed by atoms with Crippen molar-refractivity contribution in [2.75, 3.05) is 0 Å². The Morgan fingerprint density at radius 1 is 1.33 bits per heavy atom. The number of primary amides is 1. The summed E-state index contributed by atoms with van der Waals surface area (Å²) in [5, 5.41) is 12.6. The van der Waals surface area contributed by atoms with Crippen molar-refractivity contribution in [1.82, 2.24) is 10.1 Å². The number of hydrogen-bond donors (Lipinski definition) is 2. The van der Waals surface area contributed by atoms with Gasteiger partial charge in [-0.3, -0.25) is 4.79 Å². The Bertz CT molecular complexity index is 490. The van der Waals surface area contributed by atoms with Crippen molar-refractivity contribution < 1.29 is 14.4 Å². The summed E-state index contributed by atoms with van der Waals surface area (Å²) < 4.78 is 4.61. The highest BCUT2D eigenvalue weighted by Crippen LogP contribution is 2.18. The summed E-state index contributed by atoms with van der Waals surface area (Å²) in [6, 6.07) is 6.17. The highest BCUT2D eigenvalue weighted by molar-refractivity contribution is 5.88. The van der Waals surface area contributed by atoms with Gasteiger partial charge in [0.05, 0.1) is 0 Å². The van der Waals surface area contributed by atoms with Crippen LogP contribution in [0.25, 0.3) is 11.4 Å². The maximum absolute atomic E-state index is 10.7. The molecular weight excluding hydrogens is 198 g/mol. The summed E-state index contributed by atoms with van der Waals surface area (Å²) in [4.78, 5) is 14.5. The molecule has 0 spiro atoms. The van der Waals surface area contributed by atoms with Crippen LogP contribution in [0.15, 0.2) is 28.8 Å². The molecule has 1 aromatic heterocycles. The van der Waals surface area contributed by atoms with Gasteiger partial charge in [0, 0.05) is 5.56 Å². The molecule has 6 heteroatoms. The predicted octanol–water partition coefficient (Wildman–Crippen LogP) is 0.541. The van der Waals surface area contributed by atoms with Crippen LogP contribution >= 0.6 is 0 Å². The minimum atomic E-state index is -0.771. The van der Waals surface area contributed by atoms with E-state index in [0.29, 0.717) is 5.56 Å². The lowest BCUT2D eigenvalue weighted by Crippen LogP contribution is -2.10. The van der Waals surface area contributed by atoms with E-state index < -0.39 is 5.91 Å². The van der Waals surface area contributed by atoms with Crippen LogP contribution in [-0.4, -0.2) is 21.2 Å². The second kappa shape index (κ2) is 3.41. The number of carbonyl (C=O) groups excluding carboxylic acids is 1. The van der Waals surface area contributed by atoms with Crippen LogP contribution in [0.3, 0.4) is 0 Å². The fourth-order valence-electron chi connectivity index (χ4n) is 1.05. The van der Waals surface area contributed by atoms with E-state index in [1.807, 2.05) is 0 Å². The molecule has 2 aromatic rings. The predicted molar refractivity (Wildman–Crippen MR) is 49.9 cm³/mol. The molecule has 6 nitrogen and oxygen atoms in total. The van der Waals surface area contributed by atoms with E-state index in [4.69, 9.17) is 10.8 Å². The van der Waals surface area contributed by atoms with Gasteiger partial charge in [-0.05, 0) is 24.3 Å². The molecule has 15 heavy (non-hydrogen) atoms. The maximum atomic E-state index is 10.7. The standard InChI is InChI=1S/C9H7N3O3/c10-7(14)9-11-8(12-15-9)5-1-3-6(13)4-2-5/h1-4,13H,(H2,10,14). The van der Waals surface area contributed by atoms with Gasteiger partial charge in [0.15, 0.2) is 0 Å². The fraction of sp³-hybridized carbons (Fsp3) is 0. The zero-order valence-electron chi connectivity index (χ0n) is 7.54. The lowest BCUT2D eigenvalue weighted by molar-refractivity contribution is 0.0958. The smallest absolute Gasteiger partial charge is 0.316 e. The molecule has 0 saturated heterocycles. The van der Waals surface area contributed by atoms with Gasteiger partial charge in [0.25, 0.3) is 0 Å². The van der Waals surface area contributed by atoms with Crippen LogP contribution in [0, 0.1) is 0 Å². The van der Waals surface area contributed by atoms with Crippen LogP contribution in [0.1, 0.15) is 10.7 Å². The lowest BCUT2D eigenvalue weighted by atomic mass is 10.2. The van der Waals surface area contributed by atoms with Crippen molar-refractivity contribution >= 4 is 5.91 Å². The Hall–Kier alpha value is -2.37. The van der Waals surface area contributed by atoms with Crippen molar-refractivity contribution in [3.63, 3.8) is 0 Å². The molecule has 2 rings (SSSR count). The Balaban J connectivity index is 2.37. The fourth-order valence-corrected chi connectivity index (χ4v) is 1.05. The third kappa shape index (κ3) is 1.78. The summed E-state index contributed by atoms with van der Waals surface area (Å²) in [6.45, 7) is 0. The van der Waals surface area contributed by atoms with Gasteiger partial charge in [-0.1, -0.05) is 5.16 Å². The molecule has 0 aliphatic heterocycles. The monoisotopic (exact) mass is 205 g/mol. The first-order valence-electron chi connectivity index (χ1n) is 4.10. The third-order valence-corrected chi connectivity index (χ3v) is 1.76. The molecule has 0 unspecified atom stereocenters. The van der Waals surface area contributed by atoms with Gasteiger partial charge in [0.1, 0.15) is 5.75 Å². The molecule has 76 valence electrons. The summed E-state index contributed by atoms with van der Waals surface area (Å²) in [6.07, 6.45) is 0. The highest BCUT2D eigenvalue weighted by atomic mass is 16.5. The van der Waals surface area contributed by atoms with E-state index in [9.17, 15) is 4.79 Å². The number of nitrogens with two attached hydrogens (primary N) is 1. The van der Waals surface area contributed by atoms with E-state index >= 15 is 0 Å². The van der Waals surface area contributed by atoms with Gasteiger partial charge in [-0.2, -0.15) is 4.98 Å². The number of aromatic hydroxyl groups is 1. The van der Waals surface area contributed by atoms with Gasteiger partial charge in [0.2, 0.25) is 5.82 Å². The Labute approximate surface area is 84.3 Å². The number of carbonyl (C=O) groups is 1. The van der Waals surface area contributed by atoms with Gasteiger partial charge >= 0.3 is 11.8 Å². The first kappa shape index (κ1) is 9.20. The normalized spacial score (nSPS) is 10.1. The molecule has 0 aliphatic rings. The molecule has 0 aliphatic carbocycles. The van der Waals surface area contributed by atoms with Crippen LogP contribution in [0.5, 0.6) is 5.75 Å². The molecular formula is C9H7N3O3. The van der Waals surface area contributed by atoms with Gasteiger partial charge < -0.3 is 15.4 Å². The molecule has 0 atom stereocenters. The summed E-state index contributed by atoms with van der Waals surface area (Å²) >= 11 is 0. The van der Waals surface area contributed by atoms with Crippen LogP contribution in [0.2, 0.25) is 0 Å². The minimum absolute atomic E-state index is 0.136. The van der Waals surface area contributed by atoms with Crippen LogP contribution in [0.4, 0.5) is 0 Å². The van der Waals surface area contributed by atoms with E-state index in [1.54, 1.807) is 12.1 Å².